The SMILES string of the molecule is COc1cc(CN2CCNCC2)c([N+](=O)[O-])cc1OC(F)F.Cl.Cl. The molecule has 0 spiro atoms. The van der Waals surface area contributed by atoms with Crippen LogP contribution >= 0.6 is 24.8 Å². The summed E-state index contributed by atoms with van der Waals surface area (Å²) in [5.74, 6) is -0.288. The number of alkyl halides is 2. The lowest BCUT2D eigenvalue weighted by Crippen LogP contribution is -2.42. The number of methoxy groups -OCH3 is 1. The number of rotatable bonds is 6. The van der Waals surface area contributed by atoms with Crippen LogP contribution in [0.2, 0.25) is 0 Å². The van der Waals surface area contributed by atoms with Crippen molar-refractivity contribution in [3.05, 3.63) is 27.8 Å². The Bertz CT molecular complexity index is 546. The highest BCUT2D eigenvalue weighted by molar-refractivity contribution is 5.85. The maximum atomic E-state index is 12.4. The van der Waals surface area contributed by atoms with E-state index in [1.807, 2.05) is 4.90 Å². The predicted octanol–water partition coefficient (Wildman–Crippen LogP) is 2.45. The van der Waals surface area contributed by atoms with Crippen molar-refractivity contribution in [2.24, 2.45) is 0 Å². The number of halogens is 4. The molecule has 0 bridgehead atoms. The summed E-state index contributed by atoms with van der Waals surface area (Å²) in [4.78, 5) is 12.6. The lowest BCUT2D eigenvalue weighted by molar-refractivity contribution is -0.385. The fourth-order valence-corrected chi connectivity index (χ4v) is 2.35. The summed E-state index contributed by atoms with van der Waals surface area (Å²) < 4.78 is 34.0. The topological polar surface area (TPSA) is 76.9 Å². The molecule has 1 saturated heterocycles. The summed E-state index contributed by atoms with van der Waals surface area (Å²) in [6, 6.07) is 2.38. The Balaban J connectivity index is 0.00000264. The van der Waals surface area contributed by atoms with Gasteiger partial charge in [0.1, 0.15) is 0 Å². The Labute approximate surface area is 150 Å². The van der Waals surface area contributed by atoms with Gasteiger partial charge in [-0.3, -0.25) is 15.0 Å². The van der Waals surface area contributed by atoms with Crippen LogP contribution in [0.5, 0.6) is 11.5 Å². The van der Waals surface area contributed by atoms with Gasteiger partial charge in [0.25, 0.3) is 5.69 Å². The van der Waals surface area contributed by atoms with E-state index in [1.54, 1.807) is 0 Å². The minimum Gasteiger partial charge on any atom is -0.493 e. The average Bonchev–Trinajstić information content (AvgIpc) is 2.48. The molecule has 1 aromatic carbocycles. The van der Waals surface area contributed by atoms with Crippen LogP contribution in [0.3, 0.4) is 0 Å². The van der Waals surface area contributed by atoms with Gasteiger partial charge in [-0.15, -0.1) is 24.8 Å². The lowest BCUT2D eigenvalue weighted by Gasteiger charge is -2.27. The molecule has 138 valence electrons. The summed E-state index contributed by atoms with van der Waals surface area (Å²) in [6.45, 7) is 0.398. The highest BCUT2D eigenvalue weighted by atomic mass is 35.5. The zero-order valence-corrected chi connectivity index (χ0v) is 14.5. The standard InChI is InChI=1S/C13H17F2N3O4.2ClH/c1-21-11-6-9(8-17-4-2-16-3-5-17)10(18(19)20)7-12(11)22-13(14)15;;/h6-7,13,16H,2-5,8H2,1H3;2*1H. The van der Waals surface area contributed by atoms with E-state index in [1.165, 1.54) is 13.2 Å². The fraction of sp³-hybridized carbons (Fsp3) is 0.538. The molecule has 0 amide bonds. The Morgan fingerprint density at radius 2 is 1.92 bits per heavy atom. The number of benzene rings is 1. The Kier molecular flexibility index (Phi) is 9.83. The molecule has 7 nitrogen and oxygen atoms in total. The zero-order valence-electron chi connectivity index (χ0n) is 12.9. The third-order valence-electron chi connectivity index (χ3n) is 3.38. The molecule has 1 heterocycles. The molecular weight excluding hydrogens is 371 g/mol. The summed E-state index contributed by atoms with van der Waals surface area (Å²) in [5, 5.41) is 14.4. The molecule has 1 aliphatic rings. The largest absolute Gasteiger partial charge is 0.493 e. The second-order valence-electron chi connectivity index (χ2n) is 4.79. The predicted molar refractivity (Wildman–Crippen MR) is 88.9 cm³/mol. The minimum atomic E-state index is -3.08. The number of ether oxygens (including phenoxy) is 2. The third kappa shape index (κ3) is 5.90. The van der Waals surface area contributed by atoms with E-state index in [0.717, 1.165) is 32.2 Å². The van der Waals surface area contributed by atoms with E-state index in [9.17, 15) is 18.9 Å². The molecule has 24 heavy (non-hydrogen) atoms. The molecule has 1 aliphatic heterocycles. The Morgan fingerprint density at radius 3 is 2.42 bits per heavy atom. The van der Waals surface area contributed by atoms with Crippen LogP contribution in [-0.2, 0) is 6.54 Å². The maximum Gasteiger partial charge on any atom is 0.387 e. The number of nitro groups is 1. The lowest BCUT2D eigenvalue weighted by atomic mass is 10.1. The van der Waals surface area contributed by atoms with Crippen molar-refractivity contribution < 1.29 is 23.2 Å². The minimum absolute atomic E-state index is 0. The first-order valence-corrected chi connectivity index (χ1v) is 6.74. The quantitative estimate of drug-likeness (QED) is 0.594. The smallest absolute Gasteiger partial charge is 0.387 e. The Morgan fingerprint density at radius 1 is 1.29 bits per heavy atom. The van der Waals surface area contributed by atoms with Gasteiger partial charge in [0.2, 0.25) is 0 Å². The molecule has 1 N–H and O–H groups in total. The second kappa shape index (κ2) is 10.4. The van der Waals surface area contributed by atoms with Crippen molar-refractivity contribution in [2.75, 3.05) is 33.3 Å². The summed E-state index contributed by atoms with van der Waals surface area (Å²) >= 11 is 0. The van der Waals surface area contributed by atoms with Gasteiger partial charge in [-0.05, 0) is 6.07 Å². The molecule has 1 aromatic rings. The molecule has 0 saturated carbocycles. The number of piperazine rings is 1. The van der Waals surface area contributed by atoms with Crippen molar-refractivity contribution >= 4 is 30.5 Å². The average molecular weight is 390 g/mol. The van der Waals surface area contributed by atoms with Gasteiger partial charge in [0, 0.05) is 38.3 Å². The normalized spacial score (nSPS) is 14.5. The second-order valence-corrected chi connectivity index (χ2v) is 4.79. The van der Waals surface area contributed by atoms with Crippen molar-refractivity contribution in [1.29, 1.82) is 0 Å². The van der Waals surface area contributed by atoms with Crippen molar-refractivity contribution in [3.63, 3.8) is 0 Å². The summed E-state index contributed by atoms with van der Waals surface area (Å²) in [6.07, 6.45) is 0. The van der Waals surface area contributed by atoms with E-state index in [0.29, 0.717) is 12.1 Å². The van der Waals surface area contributed by atoms with Gasteiger partial charge in [0.05, 0.1) is 18.1 Å². The van der Waals surface area contributed by atoms with Gasteiger partial charge in [-0.1, -0.05) is 0 Å². The highest BCUT2D eigenvalue weighted by Crippen LogP contribution is 2.36. The fourth-order valence-electron chi connectivity index (χ4n) is 2.35. The summed E-state index contributed by atoms with van der Waals surface area (Å²) in [7, 11) is 1.30. The molecule has 0 radical (unpaired) electrons. The van der Waals surface area contributed by atoms with Gasteiger partial charge >= 0.3 is 6.61 Å². The molecule has 0 atom stereocenters. The van der Waals surface area contributed by atoms with Crippen LogP contribution < -0.4 is 14.8 Å². The maximum absolute atomic E-state index is 12.4. The molecule has 11 heteroatoms. The summed E-state index contributed by atoms with van der Waals surface area (Å²) in [5.41, 5.74) is 0.153. The molecule has 1 fully saturated rings. The number of hydrogen-bond donors (Lipinski definition) is 1. The van der Waals surface area contributed by atoms with E-state index in [4.69, 9.17) is 4.74 Å². The van der Waals surface area contributed by atoms with Crippen LogP contribution in [0.15, 0.2) is 12.1 Å². The number of nitro benzene ring substituents is 1. The molecule has 0 aromatic heterocycles. The first-order chi connectivity index (χ1) is 10.5. The van der Waals surface area contributed by atoms with Crippen molar-refractivity contribution in [1.82, 2.24) is 10.2 Å². The molecule has 2 rings (SSSR count). The molecule has 0 aliphatic carbocycles. The van der Waals surface area contributed by atoms with Gasteiger partial charge in [-0.25, -0.2) is 0 Å². The van der Waals surface area contributed by atoms with E-state index in [2.05, 4.69) is 10.1 Å². The Hall–Kier alpha value is -1.42. The highest BCUT2D eigenvalue weighted by Gasteiger charge is 2.23. The van der Waals surface area contributed by atoms with E-state index >= 15 is 0 Å². The van der Waals surface area contributed by atoms with Crippen LogP contribution in [0.4, 0.5) is 14.5 Å². The zero-order chi connectivity index (χ0) is 16.1. The van der Waals surface area contributed by atoms with E-state index in [-0.39, 0.29) is 42.0 Å². The van der Waals surface area contributed by atoms with Gasteiger partial charge < -0.3 is 14.8 Å². The first kappa shape index (κ1) is 22.6. The van der Waals surface area contributed by atoms with Crippen molar-refractivity contribution in [3.8, 4) is 11.5 Å². The van der Waals surface area contributed by atoms with Gasteiger partial charge in [0.15, 0.2) is 11.5 Å². The number of nitrogens with zero attached hydrogens (tertiary/aromatic N) is 2. The number of hydrogen-bond acceptors (Lipinski definition) is 6. The van der Waals surface area contributed by atoms with Crippen LogP contribution in [0, 0.1) is 10.1 Å². The van der Waals surface area contributed by atoms with Crippen LogP contribution in [-0.4, -0.2) is 49.7 Å². The first-order valence-electron chi connectivity index (χ1n) is 6.74. The van der Waals surface area contributed by atoms with Gasteiger partial charge in [-0.2, -0.15) is 8.78 Å². The van der Waals surface area contributed by atoms with Crippen molar-refractivity contribution in [2.45, 2.75) is 13.2 Å². The number of nitrogens with one attached hydrogen (secondary N) is 1. The molecular formula is C13H19Cl2F2N3O4. The monoisotopic (exact) mass is 389 g/mol. The van der Waals surface area contributed by atoms with Crippen LogP contribution in [0.1, 0.15) is 5.56 Å². The third-order valence-corrected chi connectivity index (χ3v) is 3.38. The van der Waals surface area contributed by atoms with Crippen LogP contribution in [0.25, 0.3) is 0 Å². The van der Waals surface area contributed by atoms with E-state index < -0.39 is 11.5 Å². The molecule has 0 unspecified atom stereocenters.